The molecule has 0 saturated heterocycles. The Morgan fingerprint density at radius 3 is 2.59 bits per heavy atom. The molecule has 0 aromatic heterocycles. The molecule has 0 heterocycles. The molecular formula is C14H13NO2. The summed E-state index contributed by atoms with van der Waals surface area (Å²) in [6, 6.07) is 14.8. The molecule has 2 N–H and O–H groups in total. The van der Waals surface area contributed by atoms with Crippen LogP contribution in [0.3, 0.4) is 0 Å². The lowest BCUT2D eigenvalue weighted by molar-refractivity contribution is -0.131. The van der Waals surface area contributed by atoms with Crippen LogP contribution in [0.5, 0.6) is 5.75 Å². The van der Waals surface area contributed by atoms with Crippen molar-refractivity contribution < 1.29 is 9.53 Å². The van der Waals surface area contributed by atoms with Gasteiger partial charge in [0, 0.05) is 18.2 Å². The normalized spacial score (nSPS) is 9.94. The minimum atomic E-state index is -0.332. The van der Waals surface area contributed by atoms with Crippen molar-refractivity contribution >= 4 is 11.7 Å². The highest BCUT2D eigenvalue weighted by Crippen LogP contribution is 2.30. The van der Waals surface area contributed by atoms with Gasteiger partial charge in [0.2, 0.25) is 0 Å². The van der Waals surface area contributed by atoms with E-state index >= 15 is 0 Å². The molecule has 2 aromatic carbocycles. The van der Waals surface area contributed by atoms with Crippen molar-refractivity contribution in [1.29, 1.82) is 0 Å². The first-order valence-electron chi connectivity index (χ1n) is 5.30. The van der Waals surface area contributed by atoms with E-state index in [4.69, 9.17) is 10.5 Å². The van der Waals surface area contributed by atoms with E-state index in [2.05, 4.69) is 0 Å². The standard InChI is InChI=1S/C14H13NO2/c1-10(16)17-14-8-3-2-7-13(14)11-5-4-6-12(15)9-11/h2-9H,15H2,1H3. The maximum Gasteiger partial charge on any atom is 0.308 e. The molecule has 17 heavy (non-hydrogen) atoms. The monoisotopic (exact) mass is 227 g/mol. The third-order valence-corrected chi connectivity index (χ3v) is 2.34. The molecular weight excluding hydrogens is 214 g/mol. The first-order chi connectivity index (χ1) is 8.16. The van der Waals surface area contributed by atoms with E-state index in [1.54, 1.807) is 6.07 Å². The van der Waals surface area contributed by atoms with Crippen molar-refractivity contribution in [3.8, 4) is 16.9 Å². The summed E-state index contributed by atoms with van der Waals surface area (Å²) in [6.45, 7) is 1.39. The minimum absolute atomic E-state index is 0.332. The maximum atomic E-state index is 11.0. The zero-order valence-corrected chi connectivity index (χ0v) is 9.51. The Morgan fingerprint density at radius 1 is 1.12 bits per heavy atom. The topological polar surface area (TPSA) is 52.3 Å². The number of hydrogen-bond donors (Lipinski definition) is 1. The number of carbonyl (C=O) groups is 1. The Balaban J connectivity index is 2.47. The Bertz CT molecular complexity index is 549. The Kier molecular flexibility index (Phi) is 3.10. The van der Waals surface area contributed by atoms with Gasteiger partial charge in [0.15, 0.2) is 0 Å². The van der Waals surface area contributed by atoms with Gasteiger partial charge in [-0.3, -0.25) is 4.79 Å². The van der Waals surface area contributed by atoms with Gasteiger partial charge >= 0.3 is 5.97 Å². The Hall–Kier alpha value is -2.29. The maximum absolute atomic E-state index is 11.0. The predicted molar refractivity (Wildman–Crippen MR) is 67.6 cm³/mol. The van der Waals surface area contributed by atoms with Gasteiger partial charge in [0.05, 0.1) is 0 Å². The Labute approximate surface area is 99.8 Å². The summed E-state index contributed by atoms with van der Waals surface area (Å²) >= 11 is 0. The molecule has 3 heteroatoms. The number of esters is 1. The van der Waals surface area contributed by atoms with Crippen molar-refractivity contribution in [2.75, 3.05) is 5.73 Å². The zero-order chi connectivity index (χ0) is 12.3. The van der Waals surface area contributed by atoms with Crippen LogP contribution in [0.15, 0.2) is 48.5 Å². The van der Waals surface area contributed by atoms with Crippen LogP contribution < -0.4 is 10.5 Å². The van der Waals surface area contributed by atoms with E-state index in [0.29, 0.717) is 11.4 Å². The molecule has 0 atom stereocenters. The van der Waals surface area contributed by atoms with Crippen molar-refractivity contribution in [2.24, 2.45) is 0 Å². The second-order valence-corrected chi connectivity index (χ2v) is 3.72. The molecule has 0 amide bonds. The quantitative estimate of drug-likeness (QED) is 0.487. The molecule has 0 fully saturated rings. The fourth-order valence-corrected chi connectivity index (χ4v) is 1.66. The molecule has 0 bridgehead atoms. The van der Waals surface area contributed by atoms with Crippen LogP contribution in [-0.4, -0.2) is 5.97 Å². The molecule has 0 unspecified atom stereocenters. The molecule has 2 rings (SSSR count). The third kappa shape index (κ3) is 2.64. The number of carbonyl (C=O) groups excluding carboxylic acids is 1. The van der Waals surface area contributed by atoms with Crippen molar-refractivity contribution in [3.63, 3.8) is 0 Å². The van der Waals surface area contributed by atoms with Crippen LogP contribution in [0.4, 0.5) is 5.69 Å². The van der Waals surface area contributed by atoms with Crippen LogP contribution in [0.1, 0.15) is 6.92 Å². The third-order valence-electron chi connectivity index (χ3n) is 2.34. The van der Waals surface area contributed by atoms with Crippen LogP contribution >= 0.6 is 0 Å². The molecule has 0 radical (unpaired) electrons. The SMILES string of the molecule is CC(=O)Oc1ccccc1-c1cccc(N)c1. The van der Waals surface area contributed by atoms with E-state index in [-0.39, 0.29) is 5.97 Å². The van der Waals surface area contributed by atoms with Crippen LogP contribution in [-0.2, 0) is 4.79 Å². The summed E-state index contributed by atoms with van der Waals surface area (Å²) in [6.07, 6.45) is 0. The van der Waals surface area contributed by atoms with Crippen molar-refractivity contribution in [1.82, 2.24) is 0 Å². The zero-order valence-electron chi connectivity index (χ0n) is 9.51. The summed E-state index contributed by atoms with van der Waals surface area (Å²) in [5.74, 6) is 0.215. The van der Waals surface area contributed by atoms with E-state index in [0.717, 1.165) is 11.1 Å². The van der Waals surface area contributed by atoms with Gasteiger partial charge in [-0.25, -0.2) is 0 Å². The van der Waals surface area contributed by atoms with Crippen LogP contribution in [0, 0.1) is 0 Å². The number of ether oxygens (including phenoxy) is 1. The van der Waals surface area contributed by atoms with E-state index in [9.17, 15) is 4.79 Å². The fourth-order valence-electron chi connectivity index (χ4n) is 1.66. The highest BCUT2D eigenvalue weighted by atomic mass is 16.5. The highest BCUT2D eigenvalue weighted by Gasteiger charge is 2.07. The molecule has 0 aliphatic rings. The van der Waals surface area contributed by atoms with E-state index < -0.39 is 0 Å². The lowest BCUT2D eigenvalue weighted by Crippen LogP contribution is -2.02. The molecule has 0 spiro atoms. The van der Waals surface area contributed by atoms with Gasteiger partial charge < -0.3 is 10.5 Å². The summed E-state index contributed by atoms with van der Waals surface area (Å²) in [7, 11) is 0. The molecule has 0 saturated carbocycles. The Morgan fingerprint density at radius 2 is 1.88 bits per heavy atom. The fraction of sp³-hybridized carbons (Fsp3) is 0.0714. The molecule has 0 aliphatic carbocycles. The lowest BCUT2D eigenvalue weighted by atomic mass is 10.0. The summed E-state index contributed by atoms with van der Waals surface area (Å²) in [5, 5.41) is 0. The average molecular weight is 227 g/mol. The highest BCUT2D eigenvalue weighted by molar-refractivity contribution is 5.77. The number of hydrogen-bond acceptors (Lipinski definition) is 3. The lowest BCUT2D eigenvalue weighted by Gasteiger charge is -2.09. The van der Waals surface area contributed by atoms with Gasteiger partial charge in [-0.05, 0) is 23.8 Å². The number of nitrogens with two attached hydrogens (primary N) is 1. The van der Waals surface area contributed by atoms with Gasteiger partial charge in [-0.2, -0.15) is 0 Å². The summed E-state index contributed by atoms with van der Waals surface area (Å²) in [5.41, 5.74) is 8.21. The molecule has 86 valence electrons. The van der Waals surface area contributed by atoms with Crippen molar-refractivity contribution in [2.45, 2.75) is 6.92 Å². The first-order valence-corrected chi connectivity index (χ1v) is 5.30. The number of anilines is 1. The molecule has 3 nitrogen and oxygen atoms in total. The van der Waals surface area contributed by atoms with Gasteiger partial charge in [-0.1, -0.05) is 30.3 Å². The molecule has 0 aliphatic heterocycles. The summed E-state index contributed by atoms with van der Waals surface area (Å²) < 4.78 is 5.16. The second-order valence-electron chi connectivity index (χ2n) is 3.72. The number of nitrogen functional groups attached to an aromatic ring is 1. The number of rotatable bonds is 2. The molecule has 2 aromatic rings. The van der Waals surface area contributed by atoms with Gasteiger partial charge in [0.1, 0.15) is 5.75 Å². The average Bonchev–Trinajstić information content (AvgIpc) is 2.29. The van der Waals surface area contributed by atoms with E-state index in [1.165, 1.54) is 6.92 Å². The minimum Gasteiger partial charge on any atom is -0.426 e. The predicted octanol–water partition coefficient (Wildman–Crippen LogP) is 2.86. The van der Waals surface area contributed by atoms with E-state index in [1.807, 2.05) is 42.5 Å². The van der Waals surface area contributed by atoms with Gasteiger partial charge in [0.25, 0.3) is 0 Å². The smallest absolute Gasteiger partial charge is 0.308 e. The first kappa shape index (κ1) is 11.2. The number of para-hydroxylation sites is 1. The second kappa shape index (κ2) is 4.70. The van der Waals surface area contributed by atoms with Crippen LogP contribution in [0.25, 0.3) is 11.1 Å². The van der Waals surface area contributed by atoms with Gasteiger partial charge in [-0.15, -0.1) is 0 Å². The van der Waals surface area contributed by atoms with Crippen LogP contribution in [0.2, 0.25) is 0 Å². The largest absolute Gasteiger partial charge is 0.426 e. The number of benzene rings is 2. The van der Waals surface area contributed by atoms with Crippen molar-refractivity contribution in [3.05, 3.63) is 48.5 Å². The summed E-state index contributed by atoms with van der Waals surface area (Å²) in [4.78, 5) is 11.0.